The molecule has 0 aliphatic rings. The van der Waals surface area contributed by atoms with Gasteiger partial charge in [-0.1, -0.05) is 192 Å². The lowest BCUT2D eigenvalue weighted by Crippen LogP contribution is -2.15. The Hall–Kier alpha value is -8.86. The molecule has 0 aliphatic carbocycles. The van der Waals surface area contributed by atoms with Gasteiger partial charge in [-0.3, -0.25) is 0 Å². The number of aryl methyl sites for hydroxylation is 8. The molecule has 12 rings (SSSR count). The van der Waals surface area contributed by atoms with Crippen molar-refractivity contribution in [2.45, 2.75) is 55.4 Å². The molecule has 0 saturated carbocycles. The van der Waals surface area contributed by atoms with E-state index >= 15 is 8.78 Å². The van der Waals surface area contributed by atoms with Gasteiger partial charge in [0.25, 0.3) is 0 Å². The van der Waals surface area contributed by atoms with Crippen molar-refractivity contribution >= 4 is 66.4 Å². The minimum Gasteiger partial charge on any atom is -0.307 e. The van der Waals surface area contributed by atoms with E-state index in [0.29, 0.717) is 65.7 Å². The fourth-order valence-corrected chi connectivity index (χ4v) is 11.1. The third kappa shape index (κ3) is 8.17. The number of hydrogen-bond donors (Lipinski definition) is 0. The highest BCUT2D eigenvalue weighted by Gasteiger charge is 2.30. The average Bonchev–Trinajstić information content (AvgIpc) is 0.737. The molecule has 0 amide bonds. The Balaban J connectivity index is 1.24. The van der Waals surface area contributed by atoms with E-state index in [2.05, 4.69) is 0 Å². The molecule has 0 saturated heterocycles. The maximum absolute atomic E-state index is 19.0. The number of halogens is 2. The van der Waals surface area contributed by atoms with Crippen LogP contribution in [0.25, 0.3) is 76.8 Å². The smallest absolute Gasteiger partial charge is 0.155 e. The number of nitrogens with zero attached hydrogens (tertiary/aromatic N) is 2. The van der Waals surface area contributed by atoms with E-state index in [0.717, 1.165) is 44.5 Å². The molecule has 4 heteroatoms. The van der Waals surface area contributed by atoms with Gasteiger partial charge >= 0.3 is 0 Å². The van der Waals surface area contributed by atoms with E-state index in [4.69, 9.17) is 8.22 Å². The van der Waals surface area contributed by atoms with Crippen LogP contribution in [0.4, 0.5) is 42.9 Å². The van der Waals surface area contributed by atoms with Crippen molar-refractivity contribution in [3.63, 3.8) is 0 Å². The van der Waals surface area contributed by atoms with Gasteiger partial charge in [0.05, 0.1) is 36.5 Å². The molecule has 0 unspecified atom stereocenters. The largest absolute Gasteiger partial charge is 0.307 e. The molecule has 0 atom stereocenters. The van der Waals surface area contributed by atoms with E-state index in [9.17, 15) is 5.48 Å². The number of para-hydroxylation sites is 2. The first-order valence-electron chi connectivity index (χ1n) is 30.4. The second-order valence-electron chi connectivity index (χ2n) is 20.1. The van der Waals surface area contributed by atoms with E-state index in [1.807, 2.05) is 177 Å². The van der Waals surface area contributed by atoms with Gasteiger partial charge in [0.15, 0.2) is 11.6 Å². The van der Waals surface area contributed by atoms with Gasteiger partial charge in [0.2, 0.25) is 0 Å². The summed E-state index contributed by atoms with van der Waals surface area (Å²) in [7, 11) is 0. The van der Waals surface area contributed by atoms with Crippen LogP contribution in [0.15, 0.2) is 206 Å². The van der Waals surface area contributed by atoms with E-state index < -0.39 is 72.1 Å². The van der Waals surface area contributed by atoms with Crippen LogP contribution in [0.3, 0.4) is 0 Å². The van der Waals surface area contributed by atoms with E-state index in [1.165, 1.54) is 9.80 Å². The summed E-state index contributed by atoms with van der Waals surface area (Å²) in [5.74, 6) is -1.40. The Bertz CT molecular complexity index is 4500. The van der Waals surface area contributed by atoms with Gasteiger partial charge in [-0.15, -0.1) is 0 Å². The van der Waals surface area contributed by atoms with Crippen LogP contribution in [-0.4, -0.2) is 0 Å². The van der Waals surface area contributed by atoms with Crippen molar-refractivity contribution < 1.29 is 22.5 Å². The molecule has 12 aromatic rings. The van der Waals surface area contributed by atoms with E-state index in [-0.39, 0.29) is 45.3 Å². The monoisotopic (exact) mass is 999 g/mol. The lowest BCUT2D eigenvalue weighted by atomic mass is 9.89. The third-order valence-electron chi connectivity index (χ3n) is 14.9. The SMILES string of the molecule is [2H]c1c([2H])c([2H])c(N(c2c(-c3cc(C)ccc3C)ccc(-c3cc(C)ccc3C)c2F)c2ccc3ccc4c(N(c5c([2H])c([2H])c([2H])c([2H])c5[2H])c5c(-c6cc(C)ccc6C)ccc(-c6cc(C)ccc6C)c5F)ccc5ccc2c3c54)c([2H])c1[2H]. The lowest BCUT2D eigenvalue weighted by molar-refractivity contribution is 0.632. The summed E-state index contributed by atoms with van der Waals surface area (Å²) in [6, 6.07) is 39.1. The number of anilines is 6. The van der Waals surface area contributed by atoms with Crippen LogP contribution in [0.1, 0.15) is 58.2 Å². The van der Waals surface area contributed by atoms with E-state index in [1.54, 1.807) is 24.3 Å². The first-order chi connectivity index (χ1) is 41.0. The standard InChI is InChI=1S/C72H58F2N2/c1-43-19-23-47(5)61(39-43)55-33-35-57(63-41-45(3)21-25-49(63)7)71(69(55)73)75(53-15-11-9-12-16-53)65-37-29-51-28-32-60-66(38-30-52-27-31-59(65)67(51)68(52)60)76(54-17-13-10-14-18-54)72-58(64-42-46(4)22-26-50(64)8)36-34-56(70(72)74)62-40-44(2)20-24-48(62)6/h9-42H,1-8H3/i9D,10D,11D,12D,13D,14D,15D,16D,17D,18D. The highest BCUT2D eigenvalue weighted by molar-refractivity contribution is 6.28. The molecule has 76 heavy (non-hydrogen) atoms. The summed E-state index contributed by atoms with van der Waals surface area (Å²) in [5.41, 5.74) is 10.4. The number of hydrogen-bond acceptors (Lipinski definition) is 2. The van der Waals surface area contributed by atoms with Crippen molar-refractivity contribution in [2.24, 2.45) is 0 Å². The molecule has 0 aromatic heterocycles. The zero-order valence-electron chi connectivity index (χ0n) is 53.5. The van der Waals surface area contributed by atoms with Gasteiger partial charge in [0, 0.05) is 44.4 Å². The van der Waals surface area contributed by atoms with Crippen molar-refractivity contribution in [3.05, 3.63) is 262 Å². The molecule has 0 bridgehead atoms. The molecule has 0 spiro atoms. The maximum Gasteiger partial charge on any atom is 0.155 e. The molecule has 0 radical (unpaired) electrons. The highest BCUT2D eigenvalue weighted by Crippen LogP contribution is 2.53. The molecule has 370 valence electrons. The second-order valence-corrected chi connectivity index (χ2v) is 20.1. The molecular formula is C72H58F2N2. The van der Waals surface area contributed by atoms with Crippen LogP contribution in [0.2, 0.25) is 0 Å². The Labute approximate surface area is 459 Å². The average molecular weight is 999 g/mol. The summed E-state index contributed by atoms with van der Waals surface area (Å²) in [4.78, 5) is 2.94. The van der Waals surface area contributed by atoms with Crippen LogP contribution >= 0.6 is 0 Å². The maximum atomic E-state index is 19.0. The number of rotatable bonds is 10. The minimum absolute atomic E-state index is 0.0584. The molecular weight excluding hydrogens is 931 g/mol. The Morgan fingerprint density at radius 1 is 0.316 bits per heavy atom. The van der Waals surface area contributed by atoms with Crippen molar-refractivity contribution in [1.82, 2.24) is 0 Å². The van der Waals surface area contributed by atoms with Gasteiger partial charge in [-0.2, -0.15) is 0 Å². The molecule has 0 aliphatic heterocycles. The summed E-state index contributed by atoms with van der Waals surface area (Å²) >= 11 is 0. The normalized spacial score (nSPS) is 13.4. The molecule has 0 fully saturated rings. The van der Waals surface area contributed by atoms with Crippen LogP contribution in [0.5, 0.6) is 0 Å². The van der Waals surface area contributed by atoms with Crippen molar-refractivity contribution in [1.29, 1.82) is 0 Å². The number of benzene rings is 12. The fourth-order valence-electron chi connectivity index (χ4n) is 11.1. The first-order valence-corrected chi connectivity index (χ1v) is 25.4. The molecule has 0 heterocycles. The van der Waals surface area contributed by atoms with Crippen molar-refractivity contribution in [2.75, 3.05) is 9.80 Å². The predicted molar refractivity (Wildman–Crippen MR) is 319 cm³/mol. The van der Waals surface area contributed by atoms with Gasteiger partial charge < -0.3 is 9.80 Å². The predicted octanol–water partition coefficient (Wildman–Crippen LogP) is 20.9. The van der Waals surface area contributed by atoms with Crippen LogP contribution in [-0.2, 0) is 0 Å². The van der Waals surface area contributed by atoms with Gasteiger partial charge in [-0.05, 0) is 158 Å². The Morgan fingerprint density at radius 2 is 0.618 bits per heavy atom. The van der Waals surface area contributed by atoms with Crippen LogP contribution < -0.4 is 9.80 Å². The lowest BCUT2D eigenvalue weighted by Gasteiger charge is -2.32. The minimum atomic E-state index is -0.698. The van der Waals surface area contributed by atoms with Gasteiger partial charge in [-0.25, -0.2) is 8.78 Å². The first kappa shape index (κ1) is 37.8. The Morgan fingerprint density at radius 3 is 0.961 bits per heavy atom. The summed E-state index contributed by atoms with van der Waals surface area (Å²) < 4.78 is 131. The van der Waals surface area contributed by atoms with Crippen LogP contribution in [0, 0.1) is 67.0 Å². The van der Waals surface area contributed by atoms with Crippen molar-refractivity contribution in [3.8, 4) is 44.5 Å². The summed E-state index contributed by atoms with van der Waals surface area (Å²) in [6.45, 7) is 15.4. The van der Waals surface area contributed by atoms with Gasteiger partial charge in [0.1, 0.15) is 0 Å². The second kappa shape index (κ2) is 19.1. The summed E-state index contributed by atoms with van der Waals surface area (Å²) in [6.07, 6.45) is 0. The Kier molecular flexibility index (Phi) is 9.51. The zero-order valence-corrected chi connectivity index (χ0v) is 43.5. The quantitative estimate of drug-likeness (QED) is 0.126. The fraction of sp³-hybridized carbons (Fsp3) is 0.111. The highest BCUT2D eigenvalue weighted by atomic mass is 19.1. The third-order valence-corrected chi connectivity index (χ3v) is 14.9. The topological polar surface area (TPSA) is 6.48 Å². The summed E-state index contributed by atoms with van der Waals surface area (Å²) in [5, 5.41) is 3.59. The molecule has 2 nitrogen and oxygen atoms in total. The zero-order chi connectivity index (χ0) is 61.2. The molecule has 0 N–H and O–H groups in total. The molecule has 12 aromatic carbocycles.